The Labute approximate surface area is 107 Å². The minimum absolute atomic E-state index is 0.454. The monoisotopic (exact) mass is 253 g/mol. The molecule has 0 radical (unpaired) electrons. The standard InChI is InChI=1S/C13H19NO4/c1-14-8-10(15)9-4-5-11-13(12(9)16-2)18-7-3-6-17-11/h4-5,10,14-15H,3,6-8H2,1-2H3. The van der Waals surface area contributed by atoms with Gasteiger partial charge in [0.25, 0.3) is 0 Å². The molecule has 2 rings (SSSR count). The van der Waals surface area contributed by atoms with Crippen molar-refractivity contribution in [3.63, 3.8) is 0 Å². The maximum Gasteiger partial charge on any atom is 0.203 e. The van der Waals surface area contributed by atoms with Crippen LogP contribution in [-0.4, -0.2) is 39.0 Å². The van der Waals surface area contributed by atoms with Crippen molar-refractivity contribution in [2.75, 3.05) is 33.9 Å². The van der Waals surface area contributed by atoms with E-state index in [1.807, 2.05) is 12.1 Å². The number of fused-ring (bicyclic) bond motifs is 1. The van der Waals surface area contributed by atoms with Gasteiger partial charge in [-0.2, -0.15) is 0 Å². The summed E-state index contributed by atoms with van der Waals surface area (Å²) in [5.74, 6) is 1.81. The zero-order chi connectivity index (χ0) is 13.0. The molecule has 1 aliphatic heterocycles. The van der Waals surface area contributed by atoms with E-state index in [2.05, 4.69) is 5.32 Å². The van der Waals surface area contributed by atoms with Crippen molar-refractivity contribution in [3.8, 4) is 17.2 Å². The second-order valence-corrected chi connectivity index (χ2v) is 4.14. The first kappa shape index (κ1) is 13.0. The highest BCUT2D eigenvalue weighted by Gasteiger charge is 2.22. The highest BCUT2D eigenvalue weighted by molar-refractivity contribution is 5.56. The summed E-state index contributed by atoms with van der Waals surface area (Å²) in [5.41, 5.74) is 0.705. The number of nitrogens with one attached hydrogen (secondary N) is 1. The predicted octanol–water partition coefficient (Wildman–Crippen LogP) is 1.11. The van der Waals surface area contributed by atoms with Crippen LogP contribution in [0.15, 0.2) is 12.1 Å². The Hall–Kier alpha value is -1.46. The van der Waals surface area contributed by atoms with Crippen molar-refractivity contribution >= 4 is 0 Å². The van der Waals surface area contributed by atoms with Gasteiger partial charge in [-0.05, 0) is 19.2 Å². The first-order valence-corrected chi connectivity index (χ1v) is 6.07. The van der Waals surface area contributed by atoms with Crippen LogP contribution < -0.4 is 19.5 Å². The molecule has 2 N–H and O–H groups in total. The molecule has 100 valence electrons. The molecule has 1 aromatic rings. The number of methoxy groups -OCH3 is 1. The second-order valence-electron chi connectivity index (χ2n) is 4.14. The molecule has 5 heteroatoms. The van der Waals surface area contributed by atoms with Gasteiger partial charge in [-0.3, -0.25) is 0 Å². The van der Waals surface area contributed by atoms with E-state index >= 15 is 0 Å². The maximum absolute atomic E-state index is 10.1. The number of hydrogen-bond donors (Lipinski definition) is 2. The highest BCUT2D eigenvalue weighted by Crippen LogP contribution is 2.43. The molecule has 0 aliphatic carbocycles. The van der Waals surface area contributed by atoms with Gasteiger partial charge in [-0.1, -0.05) is 0 Å². The number of ether oxygens (including phenoxy) is 3. The van der Waals surface area contributed by atoms with Gasteiger partial charge in [-0.25, -0.2) is 0 Å². The van der Waals surface area contributed by atoms with Gasteiger partial charge >= 0.3 is 0 Å². The van der Waals surface area contributed by atoms with E-state index in [9.17, 15) is 5.11 Å². The van der Waals surface area contributed by atoms with E-state index in [-0.39, 0.29) is 0 Å². The van der Waals surface area contributed by atoms with E-state index in [0.29, 0.717) is 42.6 Å². The largest absolute Gasteiger partial charge is 0.492 e. The molecule has 0 saturated heterocycles. The Morgan fingerprint density at radius 1 is 1.39 bits per heavy atom. The van der Waals surface area contributed by atoms with Crippen LogP contribution in [0.5, 0.6) is 17.2 Å². The Morgan fingerprint density at radius 3 is 2.89 bits per heavy atom. The third kappa shape index (κ3) is 2.52. The fourth-order valence-corrected chi connectivity index (χ4v) is 2.00. The average molecular weight is 253 g/mol. The lowest BCUT2D eigenvalue weighted by atomic mass is 10.1. The minimum Gasteiger partial charge on any atom is -0.492 e. The molecular formula is C13H19NO4. The summed E-state index contributed by atoms with van der Waals surface area (Å²) < 4.78 is 16.6. The van der Waals surface area contributed by atoms with E-state index in [1.165, 1.54) is 0 Å². The number of hydrogen-bond acceptors (Lipinski definition) is 5. The van der Waals surface area contributed by atoms with Crippen LogP contribution in [0.3, 0.4) is 0 Å². The lowest BCUT2D eigenvalue weighted by Crippen LogP contribution is -2.17. The lowest BCUT2D eigenvalue weighted by molar-refractivity contribution is 0.172. The molecule has 0 aromatic heterocycles. The fourth-order valence-electron chi connectivity index (χ4n) is 2.00. The molecule has 0 bridgehead atoms. The topological polar surface area (TPSA) is 60.0 Å². The van der Waals surface area contributed by atoms with Crippen molar-refractivity contribution in [2.45, 2.75) is 12.5 Å². The van der Waals surface area contributed by atoms with Gasteiger partial charge in [0, 0.05) is 18.5 Å². The van der Waals surface area contributed by atoms with Crippen molar-refractivity contribution in [1.82, 2.24) is 5.32 Å². The second kappa shape index (κ2) is 5.93. The molecule has 0 saturated carbocycles. The fraction of sp³-hybridized carbons (Fsp3) is 0.538. The third-order valence-electron chi connectivity index (χ3n) is 2.86. The smallest absolute Gasteiger partial charge is 0.203 e. The van der Waals surface area contributed by atoms with Crippen LogP contribution in [0.2, 0.25) is 0 Å². The third-order valence-corrected chi connectivity index (χ3v) is 2.86. The number of likely N-dealkylation sites (N-methyl/N-ethyl adjacent to an activating group) is 1. The van der Waals surface area contributed by atoms with Crippen LogP contribution in [0.1, 0.15) is 18.1 Å². The van der Waals surface area contributed by atoms with Gasteiger partial charge in [0.1, 0.15) is 0 Å². The van der Waals surface area contributed by atoms with Crippen molar-refractivity contribution in [3.05, 3.63) is 17.7 Å². The summed E-state index contributed by atoms with van der Waals surface area (Å²) in [6, 6.07) is 3.63. The summed E-state index contributed by atoms with van der Waals surface area (Å²) >= 11 is 0. The summed E-state index contributed by atoms with van der Waals surface area (Å²) in [5, 5.41) is 13.0. The Balaban J connectivity index is 2.39. The van der Waals surface area contributed by atoms with Crippen LogP contribution in [0, 0.1) is 0 Å². The van der Waals surface area contributed by atoms with E-state index in [1.54, 1.807) is 14.2 Å². The van der Waals surface area contributed by atoms with Gasteiger partial charge < -0.3 is 24.6 Å². The molecule has 0 fully saturated rings. The van der Waals surface area contributed by atoms with E-state index < -0.39 is 6.10 Å². The SMILES string of the molecule is CNCC(O)c1ccc2c(c1OC)OCCCO2. The zero-order valence-corrected chi connectivity index (χ0v) is 10.7. The average Bonchev–Trinajstić information content (AvgIpc) is 2.62. The molecule has 1 heterocycles. The highest BCUT2D eigenvalue weighted by atomic mass is 16.5. The first-order chi connectivity index (χ1) is 8.77. The van der Waals surface area contributed by atoms with E-state index in [4.69, 9.17) is 14.2 Å². The van der Waals surface area contributed by atoms with Crippen LogP contribution in [0.25, 0.3) is 0 Å². The summed E-state index contributed by atoms with van der Waals surface area (Å²) in [6.07, 6.45) is 0.203. The van der Waals surface area contributed by atoms with Crippen molar-refractivity contribution < 1.29 is 19.3 Å². The Bertz CT molecular complexity index is 408. The van der Waals surface area contributed by atoms with Gasteiger partial charge in [0.05, 0.1) is 26.4 Å². The van der Waals surface area contributed by atoms with Gasteiger partial charge in [0.2, 0.25) is 5.75 Å². The molecule has 1 aromatic carbocycles. The molecule has 1 aliphatic rings. The summed E-state index contributed by atoms with van der Waals surface area (Å²) in [6.45, 7) is 1.68. The predicted molar refractivity (Wildman–Crippen MR) is 67.5 cm³/mol. The lowest BCUT2D eigenvalue weighted by Gasteiger charge is -2.18. The van der Waals surface area contributed by atoms with Crippen LogP contribution in [-0.2, 0) is 0 Å². The van der Waals surface area contributed by atoms with Crippen LogP contribution >= 0.6 is 0 Å². The number of aliphatic hydroxyl groups excluding tert-OH is 1. The van der Waals surface area contributed by atoms with Crippen LogP contribution in [0.4, 0.5) is 0 Å². The molecule has 5 nitrogen and oxygen atoms in total. The molecule has 18 heavy (non-hydrogen) atoms. The number of rotatable bonds is 4. The molecule has 0 amide bonds. The van der Waals surface area contributed by atoms with E-state index in [0.717, 1.165) is 6.42 Å². The van der Waals surface area contributed by atoms with Crippen molar-refractivity contribution in [2.24, 2.45) is 0 Å². The van der Waals surface area contributed by atoms with Gasteiger partial charge in [-0.15, -0.1) is 0 Å². The zero-order valence-electron chi connectivity index (χ0n) is 10.7. The Morgan fingerprint density at radius 2 is 2.17 bits per heavy atom. The number of aliphatic hydroxyl groups is 1. The maximum atomic E-state index is 10.1. The molecular weight excluding hydrogens is 234 g/mol. The number of benzene rings is 1. The summed E-state index contributed by atoms with van der Waals surface area (Å²) in [7, 11) is 3.36. The molecule has 1 atom stereocenters. The van der Waals surface area contributed by atoms with Crippen molar-refractivity contribution in [1.29, 1.82) is 0 Å². The quantitative estimate of drug-likeness (QED) is 0.841. The van der Waals surface area contributed by atoms with Gasteiger partial charge in [0.15, 0.2) is 11.5 Å². The minimum atomic E-state index is -0.637. The first-order valence-electron chi connectivity index (χ1n) is 6.07. The normalized spacial score (nSPS) is 15.9. The summed E-state index contributed by atoms with van der Waals surface area (Å²) in [4.78, 5) is 0. The molecule has 0 spiro atoms. The Kier molecular flexibility index (Phi) is 4.28. The molecule has 1 unspecified atom stereocenters.